The third-order valence-corrected chi connectivity index (χ3v) is 4.64. The van der Waals surface area contributed by atoms with E-state index in [-0.39, 0.29) is 10.5 Å². The minimum absolute atomic E-state index is 0.0943. The summed E-state index contributed by atoms with van der Waals surface area (Å²) in [7, 11) is -3.90. The Labute approximate surface area is 138 Å². The monoisotopic (exact) mass is 343 g/mol. The largest absolute Gasteiger partial charge is 0.478 e. The molecule has 7 nitrogen and oxygen atoms in total. The predicted octanol–water partition coefficient (Wildman–Crippen LogP) is 2.37. The lowest BCUT2D eigenvalue weighted by molar-refractivity contribution is 0.0696. The second-order valence-corrected chi connectivity index (χ2v) is 6.62. The molecule has 3 rings (SSSR count). The van der Waals surface area contributed by atoms with Gasteiger partial charge in [-0.1, -0.05) is 12.1 Å². The number of rotatable bonds is 5. The normalized spacial score (nSPS) is 11.2. The maximum atomic E-state index is 12.4. The highest BCUT2D eigenvalue weighted by atomic mass is 32.2. The highest BCUT2D eigenvalue weighted by molar-refractivity contribution is 7.92. The zero-order valence-corrected chi connectivity index (χ0v) is 13.1. The Morgan fingerprint density at radius 2 is 1.88 bits per heavy atom. The van der Waals surface area contributed by atoms with Crippen LogP contribution in [0.2, 0.25) is 0 Å². The van der Waals surface area contributed by atoms with Gasteiger partial charge in [-0.3, -0.25) is 4.72 Å². The van der Waals surface area contributed by atoms with Crippen molar-refractivity contribution in [3.63, 3.8) is 0 Å². The molecule has 0 fully saturated rings. The van der Waals surface area contributed by atoms with E-state index in [1.165, 1.54) is 18.2 Å². The standard InChI is InChI=1S/C16H13N3O4S/c20-16(21)12-4-1-7-15(10-12)24(22,23)18-13-5-2-6-14(11-13)19-9-3-8-17-19/h1-11,18H,(H,20,21). The van der Waals surface area contributed by atoms with E-state index in [1.54, 1.807) is 47.4 Å². The lowest BCUT2D eigenvalue weighted by Crippen LogP contribution is -2.14. The number of nitrogens with one attached hydrogen (secondary N) is 1. The van der Waals surface area contributed by atoms with Crippen molar-refractivity contribution in [1.82, 2.24) is 9.78 Å². The molecule has 0 saturated heterocycles. The molecule has 122 valence electrons. The molecule has 0 aliphatic carbocycles. The highest BCUT2D eigenvalue weighted by Crippen LogP contribution is 2.19. The number of anilines is 1. The van der Waals surface area contributed by atoms with E-state index < -0.39 is 16.0 Å². The molecule has 0 atom stereocenters. The van der Waals surface area contributed by atoms with Crippen LogP contribution in [0.3, 0.4) is 0 Å². The average Bonchev–Trinajstić information content (AvgIpc) is 3.09. The number of benzene rings is 2. The van der Waals surface area contributed by atoms with E-state index in [0.717, 1.165) is 6.07 Å². The van der Waals surface area contributed by atoms with Crippen molar-refractivity contribution in [3.05, 3.63) is 72.6 Å². The van der Waals surface area contributed by atoms with Gasteiger partial charge in [0.1, 0.15) is 0 Å². The fourth-order valence-corrected chi connectivity index (χ4v) is 3.24. The first kappa shape index (κ1) is 15.8. The van der Waals surface area contributed by atoms with E-state index in [4.69, 9.17) is 5.11 Å². The van der Waals surface area contributed by atoms with Crippen molar-refractivity contribution in [2.75, 3.05) is 4.72 Å². The first-order valence-electron chi connectivity index (χ1n) is 6.92. The number of hydrogen-bond acceptors (Lipinski definition) is 4. The maximum absolute atomic E-state index is 12.4. The summed E-state index contributed by atoms with van der Waals surface area (Å²) in [5.41, 5.74) is 0.950. The highest BCUT2D eigenvalue weighted by Gasteiger charge is 2.16. The summed E-state index contributed by atoms with van der Waals surface area (Å²) < 4.78 is 28.9. The number of sulfonamides is 1. The topological polar surface area (TPSA) is 101 Å². The second-order valence-electron chi connectivity index (χ2n) is 4.94. The van der Waals surface area contributed by atoms with Crippen LogP contribution in [-0.4, -0.2) is 29.3 Å². The molecule has 2 N–H and O–H groups in total. The van der Waals surface area contributed by atoms with Crippen LogP contribution < -0.4 is 4.72 Å². The summed E-state index contributed by atoms with van der Waals surface area (Å²) in [5.74, 6) is -1.19. The van der Waals surface area contributed by atoms with Crippen LogP contribution in [0.15, 0.2) is 71.9 Å². The Morgan fingerprint density at radius 1 is 1.08 bits per heavy atom. The quantitative estimate of drug-likeness (QED) is 0.740. The van der Waals surface area contributed by atoms with Gasteiger partial charge >= 0.3 is 5.97 Å². The second kappa shape index (κ2) is 6.17. The molecule has 1 aromatic heterocycles. The Kier molecular flexibility index (Phi) is 4.05. The number of carboxylic acid groups (broad SMARTS) is 1. The summed E-state index contributed by atoms with van der Waals surface area (Å²) in [5, 5.41) is 13.1. The molecule has 2 aromatic carbocycles. The first-order valence-corrected chi connectivity index (χ1v) is 8.40. The Hall–Kier alpha value is -3.13. The summed E-state index contributed by atoms with van der Waals surface area (Å²) in [6, 6.07) is 13.6. The van der Waals surface area contributed by atoms with Gasteiger partial charge in [-0.25, -0.2) is 17.9 Å². The lowest BCUT2D eigenvalue weighted by atomic mass is 10.2. The van der Waals surface area contributed by atoms with Gasteiger partial charge in [-0.15, -0.1) is 0 Å². The summed E-state index contributed by atoms with van der Waals surface area (Å²) in [6.07, 6.45) is 3.36. The predicted molar refractivity (Wildman–Crippen MR) is 87.8 cm³/mol. The van der Waals surface area contributed by atoms with Crippen LogP contribution in [0.4, 0.5) is 5.69 Å². The Balaban J connectivity index is 1.91. The van der Waals surface area contributed by atoms with Crippen molar-refractivity contribution >= 4 is 21.7 Å². The zero-order valence-electron chi connectivity index (χ0n) is 12.3. The van der Waals surface area contributed by atoms with E-state index in [2.05, 4.69) is 9.82 Å². The summed E-state index contributed by atoms with van der Waals surface area (Å²) in [6.45, 7) is 0. The minimum Gasteiger partial charge on any atom is -0.478 e. The zero-order chi connectivity index (χ0) is 17.2. The molecule has 0 aliphatic heterocycles. The SMILES string of the molecule is O=C(O)c1cccc(S(=O)(=O)Nc2cccc(-n3cccn3)c2)c1. The summed E-state index contributed by atoms with van der Waals surface area (Å²) in [4.78, 5) is 10.9. The fourth-order valence-electron chi connectivity index (χ4n) is 2.14. The van der Waals surface area contributed by atoms with E-state index in [0.29, 0.717) is 11.4 Å². The first-order chi connectivity index (χ1) is 11.5. The van der Waals surface area contributed by atoms with Crippen molar-refractivity contribution in [2.45, 2.75) is 4.90 Å². The van der Waals surface area contributed by atoms with Crippen LogP contribution in [0.1, 0.15) is 10.4 Å². The molecule has 24 heavy (non-hydrogen) atoms. The van der Waals surface area contributed by atoms with Crippen molar-refractivity contribution in [1.29, 1.82) is 0 Å². The smallest absolute Gasteiger partial charge is 0.335 e. The molecule has 8 heteroatoms. The fraction of sp³-hybridized carbons (Fsp3) is 0. The van der Waals surface area contributed by atoms with Gasteiger partial charge in [0.2, 0.25) is 0 Å². The number of aromatic nitrogens is 2. The molecule has 0 radical (unpaired) electrons. The number of carbonyl (C=O) groups is 1. The van der Waals surface area contributed by atoms with E-state index >= 15 is 0 Å². The Bertz CT molecular complexity index is 982. The number of hydrogen-bond donors (Lipinski definition) is 2. The summed E-state index contributed by atoms with van der Waals surface area (Å²) >= 11 is 0. The van der Waals surface area contributed by atoms with Crippen molar-refractivity contribution in [2.24, 2.45) is 0 Å². The van der Waals surface area contributed by atoms with E-state index in [9.17, 15) is 13.2 Å². The van der Waals surface area contributed by atoms with Crippen LogP contribution in [-0.2, 0) is 10.0 Å². The van der Waals surface area contributed by atoms with Gasteiger partial charge < -0.3 is 5.11 Å². The minimum atomic E-state index is -3.90. The molecule has 1 heterocycles. The van der Waals surface area contributed by atoms with Gasteiger partial charge in [-0.05, 0) is 42.5 Å². The molecule has 0 spiro atoms. The number of nitrogens with zero attached hydrogens (tertiary/aromatic N) is 2. The molecular weight excluding hydrogens is 330 g/mol. The van der Waals surface area contributed by atoms with Crippen molar-refractivity contribution in [3.8, 4) is 5.69 Å². The molecule has 3 aromatic rings. The van der Waals surface area contributed by atoms with Crippen LogP contribution in [0.25, 0.3) is 5.69 Å². The van der Waals surface area contributed by atoms with Gasteiger partial charge in [-0.2, -0.15) is 5.10 Å². The molecule has 0 saturated carbocycles. The average molecular weight is 343 g/mol. The molecule has 0 amide bonds. The Morgan fingerprint density at radius 3 is 2.58 bits per heavy atom. The maximum Gasteiger partial charge on any atom is 0.335 e. The molecule has 0 bridgehead atoms. The van der Waals surface area contributed by atoms with Crippen LogP contribution in [0, 0.1) is 0 Å². The van der Waals surface area contributed by atoms with Gasteiger partial charge in [0.05, 0.1) is 21.8 Å². The van der Waals surface area contributed by atoms with E-state index in [1.807, 2.05) is 0 Å². The van der Waals surface area contributed by atoms with Gasteiger partial charge in [0.15, 0.2) is 0 Å². The van der Waals surface area contributed by atoms with Crippen LogP contribution >= 0.6 is 0 Å². The number of carboxylic acids is 1. The molecule has 0 unspecified atom stereocenters. The lowest BCUT2D eigenvalue weighted by Gasteiger charge is -2.10. The number of aromatic carboxylic acids is 1. The third kappa shape index (κ3) is 3.28. The van der Waals surface area contributed by atoms with Gasteiger partial charge in [0.25, 0.3) is 10.0 Å². The third-order valence-electron chi connectivity index (χ3n) is 3.26. The van der Waals surface area contributed by atoms with Crippen molar-refractivity contribution < 1.29 is 18.3 Å². The molecule has 0 aliphatic rings. The van der Waals surface area contributed by atoms with Crippen LogP contribution in [0.5, 0.6) is 0 Å². The molecular formula is C16H13N3O4S. The van der Waals surface area contributed by atoms with Gasteiger partial charge in [0, 0.05) is 12.4 Å².